The second-order valence-electron chi connectivity index (χ2n) is 5.46. The summed E-state index contributed by atoms with van der Waals surface area (Å²) >= 11 is 0. The molecule has 3 rings (SSSR count). The number of carbonyl (C=O) groups is 3. The normalized spacial score (nSPS) is 12.9. The topological polar surface area (TPSA) is 95.2 Å². The molecule has 0 spiro atoms. The van der Waals surface area contributed by atoms with Crippen LogP contribution in [0.25, 0.3) is 0 Å². The molecule has 0 unspecified atom stereocenters. The number of aromatic nitrogens is 2. The van der Waals surface area contributed by atoms with Crippen LogP contribution in [0.3, 0.4) is 0 Å². The highest BCUT2D eigenvalue weighted by Gasteiger charge is 2.27. The number of fused-ring (bicyclic) bond motifs is 1. The minimum absolute atomic E-state index is 0.0335. The highest BCUT2D eigenvalue weighted by molar-refractivity contribution is 6.12. The van der Waals surface area contributed by atoms with Crippen molar-refractivity contribution in [1.29, 1.82) is 0 Å². The molecule has 7 heteroatoms. The van der Waals surface area contributed by atoms with Gasteiger partial charge in [0.05, 0.1) is 24.3 Å². The molecule has 0 atom stereocenters. The van der Waals surface area contributed by atoms with Crippen LogP contribution in [0.15, 0.2) is 24.3 Å². The van der Waals surface area contributed by atoms with Gasteiger partial charge in [-0.05, 0) is 13.0 Å². The van der Waals surface area contributed by atoms with Crippen LogP contribution in [0.5, 0.6) is 0 Å². The lowest BCUT2D eigenvalue weighted by atomic mass is 10.0. The van der Waals surface area contributed by atoms with Gasteiger partial charge in [-0.15, -0.1) is 0 Å². The van der Waals surface area contributed by atoms with Gasteiger partial charge < -0.3 is 10.2 Å². The van der Waals surface area contributed by atoms with Gasteiger partial charge in [-0.3, -0.25) is 19.5 Å². The Balaban J connectivity index is 1.84. The number of hydrogen-bond donors (Lipinski definition) is 2. The van der Waals surface area contributed by atoms with Gasteiger partial charge >= 0.3 is 0 Å². The van der Waals surface area contributed by atoms with Crippen molar-refractivity contribution in [3.63, 3.8) is 0 Å². The summed E-state index contributed by atoms with van der Waals surface area (Å²) in [6, 6.07) is 6.63. The third kappa shape index (κ3) is 2.73. The Labute approximate surface area is 132 Å². The second kappa shape index (κ2) is 5.68. The number of hydrogen-bond acceptors (Lipinski definition) is 4. The number of amides is 2. The van der Waals surface area contributed by atoms with Crippen molar-refractivity contribution in [2.75, 3.05) is 5.32 Å². The van der Waals surface area contributed by atoms with Crippen LogP contribution in [0.4, 0.5) is 5.82 Å². The maximum atomic E-state index is 12.5. The Morgan fingerprint density at radius 3 is 2.48 bits per heavy atom. The average Bonchev–Trinajstić information content (AvgIpc) is 3.09. The van der Waals surface area contributed by atoms with Crippen molar-refractivity contribution in [2.24, 2.45) is 0 Å². The SMILES string of the molecule is CC(=O)c1ccccc1C(=O)Nc1n[nH]c2c1CN(C(C)=O)C2. The fourth-order valence-electron chi connectivity index (χ4n) is 2.63. The van der Waals surface area contributed by atoms with E-state index >= 15 is 0 Å². The number of Topliss-reactive ketones (excluding diaryl/α,β-unsaturated/α-hetero) is 1. The second-order valence-corrected chi connectivity index (χ2v) is 5.46. The minimum atomic E-state index is -0.397. The minimum Gasteiger partial charge on any atom is -0.333 e. The molecule has 7 nitrogen and oxygen atoms in total. The number of anilines is 1. The molecule has 1 aromatic heterocycles. The van der Waals surface area contributed by atoms with Crippen molar-refractivity contribution in [1.82, 2.24) is 15.1 Å². The van der Waals surface area contributed by atoms with Crippen LogP contribution in [-0.2, 0) is 17.9 Å². The average molecular weight is 312 g/mol. The fourth-order valence-corrected chi connectivity index (χ4v) is 2.63. The first-order valence-corrected chi connectivity index (χ1v) is 7.20. The highest BCUT2D eigenvalue weighted by Crippen LogP contribution is 2.27. The quantitative estimate of drug-likeness (QED) is 0.844. The monoisotopic (exact) mass is 312 g/mol. The van der Waals surface area contributed by atoms with E-state index in [1.807, 2.05) is 0 Å². The zero-order valence-electron chi connectivity index (χ0n) is 12.8. The summed E-state index contributed by atoms with van der Waals surface area (Å²) in [5, 5.41) is 9.65. The molecule has 2 amide bonds. The molecule has 2 N–H and O–H groups in total. The van der Waals surface area contributed by atoms with E-state index in [2.05, 4.69) is 15.5 Å². The van der Waals surface area contributed by atoms with Gasteiger partial charge in [0.1, 0.15) is 0 Å². The molecule has 0 fully saturated rings. The van der Waals surface area contributed by atoms with Crippen molar-refractivity contribution in [2.45, 2.75) is 26.9 Å². The molecule has 1 aliphatic rings. The smallest absolute Gasteiger partial charge is 0.257 e. The van der Waals surface area contributed by atoms with Crippen molar-refractivity contribution in [3.05, 3.63) is 46.6 Å². The lowest BCUT2D eigenvalue weighted by Crippen LogP contribution is -2.23. The summed E-state index contributed by atoms with van der Waals surface area (Å²) in [4.78, 5) is 37.2. The largest absolute Gasteiger partial charge is 0.333 e. The van der Waals surface area contributed by atoms with E-state index in [0.29, 0.717) is 30.0 Å². The van der Waals surface area contributed by atoms with E-state index in [1.165, 1.54) is 13.8 Å². The van der Waals surface area contributed by atoms with Gasteiger partial charge in [-0.25, -0.2) is 0 Å². The molecule has 118 valence electrons. The molecular formula is C16H16N4O3. The van der Waals surface area contributed by atoms with Gasteiger partial charge in [0.15, 0.2) is 11.6 Å². The van der Waals surface area contributed by atoms with Crippen LogP contribution in [0.1, 0.15) is 45.8 Å². The third-order valence-electron chi connectivity index (χ3n) is 3.88. The molecule has 23 heavy (non-hydrogen) atoms. The summed E-state index contributed by atoms with van der Waals surface area (Å²) < 4.78 is 0. The van der Waals surface area contributed by atoms with Crippen LogP contribution in [-0.4, -0.2) is 32.7 Å². The van der Waals surface area contributed by atoms with E-state index in [0.717, 1.165) is 11.3 Å². The van der Waals surface area contributed by atoms with Crippen molar-refractivity contribution in [3.8, 4) is 0 Å². The first-order chi connectivity index (χ1) is 11.0. The molecule has 0 saturated heterocycles. The predicted molar refractivity (Wildman–Crippen MR) is 82.9 cm³/mol. The maximum absolute atomic E-state index is 12.5. The number of benzene rings is 1. The number of H-pyrrole nitrogens is 1. The van der Waals surface area contributed by atoms with Crippen LogP contribution in [0, 0.1) is 0 Å². The van der Waals surface area contributed by atoms with Gasteiger partial charge in [0, 0.05) is 18.1 Å². The Kier molecular flexibility index (Phi) is 3.69. The molecule has 0 bridgehead atoms. The number of nitrogens with one attached hydrogen (secondary N) is 2. The zero-order valence-corrected chi connectivity index (χ0v) is 12.8. The third-order valence-corrected chi connectivity index (χ3v) is 3.88. The number of ketones is 1. The molecule has 2 heterocycles. The fraction of sp³-hybridized carbons (Fsp3) is 0.250. The standard InChI is InChI=1S/C16H16N4O3/c1-9(21)11-5-3-4-6-12(11)16(23)17-15-13-7-20(10(2)22)8-14(13)18-19-15/h3-6H,7-8H2,1-2H3,(H2,17,18,19,23). The number of nitrogens with zero attached hydrogens (tertiary/aromatic N) is 2. The molecule has 0 aliphatic carbocycles. The summed E-state index contributed by atoms with van der Waals surface area (Å²) in [5.41, 5.74) is 2.28. The van der Waals surface area contributed by atoms with E-state index in [9.17, 15) is 14.4 Å². The lowest BCUT2D eigenvalue weighted by Gasteiger charge is -2.12. The zero-order chi connectivity index (χ0) is 16.6. The van der Waals surface area contributed by atoms with Crippen molar-refractivity contribution >= 4 is 23.4 Å². The summed E-state index contributed by atoms with van der Waals surface area (Å²) in [5.74, 6) is -0.210. The van der Waals surface area contributed by atoms with Gasteiger partial charge in [-0.1, -0.05) is 18.2 Å². The highest BCUT2D eigenvalue weighted by atomic mass is 16.2. The lowest BCUT2D eigenvalue weighted by molar-refractivity contribution is -0.129. The van der Waals surface area contributed by atoms with Gasteiger partial charge in [-0.2, -0.15) is 5.10 Å². The molecule has 0 radical (unpaired) electrons. The number of aromatic amines is 1. The Morgan fingerprint density at radius 2 is 1.83 bits per heavy atom. The first-order valence-electron chi connectivity index (χ1n) is 7.20. The Hall–Kier alpha value is -2.96. The van der Waals surface area contributed by atoms with E-state index in [4.69, 9.17) is 0 Å². The van der Waals surface area contributed by atoms with E-state index < -0.39 is 5.91 Å². The van der Waals surface area contributed by atoms with Gasteiger partial charge in [0.2, 0.25) is 5.91 Å². The number of rotatable bonds is 3. The summed E-state index contributed by atoms with van der Waals surface area (Å²) in [7, 11) is 0. The van der Waals surface area contributed by atoms with Crippen LogP contribution < -0.4 is 5.32 Å². The summed E-state index contributed by atoms with van der Waals surface area (Å²) in [6.07, 6.45) is 0. The molecule has 1 aliphatic heterocycles. The van der Waals surface area contributed by atoms with Crippen LogP contribution in [0.2, 0.25) is 0 Å². The molecule has 1 aromatic carbocycles. The molecule has 0 saturated carbocycles. The Morgan fingerprint density at radius 1 is 1.13 bits per heavy atom. The molecular weight excluding hydrogens is 296 g/mol. The predicted octanol–water partition coefficient (Wildman–Crippen LogP) is 1.73. The Bertz CT molecular complexity index is 809. The first kappa shape index (κ1) is 15.0. The van der Waals surface area contributed by atoms with E-state index in [1.54, 1.807) is 29.2 Å². The number of carbonyl (C=O) groups excluding carboxylic acids is 3. The van der Waals surface area contributed by atoms with Crippen LogP contribution >= 0.6 is 0 Å². The van der Waals surface area contributed by atoms with E-state index in [-0.39, 0.29) is 11.7 Å². The summed E-state index contributed by atoms with van der Waals surface area (Å²) in [6.45, 7) is 3.78. The molecule has 2 aromatic rings. The van der Waals surface area contributed by atoms with Gasteiger partial charge in [0.25, 0.3) is 5.91 Å². The maximum Gasteiger partial charge on any atom is 0.257 e. The van der Waals surface area contributed by atoms with Crippen molar-refractivity contribution < 1.29 is 14.4 Å².